The van der Waals surface area contributed by atoms with Gasteiger partial charge in [-0.25, -0.2) is 0 Å². The summed E-state index contributed by atoms with van der Waals surface area (Å²) in [7, 11) is 0. The standard InChI is InChI=1S/C12H26.C7H10O4/c1-10(2,3)9-12(7,8)11(4,5)6;8-4-11-6-3-10-5-1-2-9-7(5)6/h9H2,1-8H3;4-7H,1-3H2/t;5-,6?,7+/m.1/s1. The first-order chi connectivity index (χ1) is 10.4. The van der Waals surface area contributed by atoms with Crippen molar-refractivity contribution in [2.45, 2.75) is 86.5 Å². The average Bonchev–Trinajstić information content (AvgIpc) is 2.90. The van der Waals surface area contributed by atoms with Crippen molar-refractivity contribution < 1.29 is 19.0 Å². The molecule has 2 fully saturated rings. The van der Waals surface area contributed by atoms with Gasteiger partial charge in [-0.2, -0.15) is 0 Å². The number of hydrogen-bond acceptors (Lipinski definition) is 4. The minimum atomic E-state index is -0.181. The second-order valence-electron chi connectivity index (χ2n) is 9.64. The topological polar surface area (TPSA) is 44.8 Å². The summed E-state index contributed by atoms with van der Waals surface area (Å²) >= 11 is 0. The fourth-order valence-corrected chi connectivity index (χ4v) is 3.21. The Bertz CT molecular complexity index is 376. The number of rotatable bonds is 3. The van der Waals surface area contributed by atoms with Crippen LogP contribution in [0, 0.1) is 16.2 Å². The first-order valence-electron chi connectivity index (χ1n) is 8.70. The molecule has 2 heterocycles. The molecule has 0 aromatic carbocycles. The molecule has 1 unspecified atom stereocenters. The molecule has 0 spiro atoms. The summed E-state index contributed by atoms with van der Waals surface area (Å²) < 4.78 is 15.5. The largest absolute Gasteiger partial charge is 0.459 e. The van der Waals surface area contributed by atoms with E-state index in [0.717, 1.165) is 6.42 Å². The van der Waals surface area contributed by atoms with Gasteiger partial charge in [0.25, 0.3) is 6.47 Å². The van der Waals surface area contributed by atoms with E-state index in [1.165, 1.54) is 6.42 Å². The molecule has 2 aliphatic heterocycles. The average molecular weight is 328 g/mol. The number of hydrogen-bond donors (Lipinski definition) is 0. The number of carbonyl (C=O) groups excluding carboxylic acids is 1. The van der Waals surface area contributed by atoms with E-state index in [1.807, 2.05) is 0 Å². The van der Waals surface area contributed by atoms with Gasteiger partial charge in [-0.15, -0.1) is 0 Å². The van der Waals surface area contributed by atoms with E-state index in [-0.39, 0.29) is 18.3 Å². The van der Waals surface area contributed by atoms with Gasteiger partial charge < -0.3 is 14.2 Å². The number of carbonyl (C=O) groups is 1. The van der Waals surface area contributed by atoms with Gasteiger partial charge in [-0.3, -0.25) is 4.79 Å². The van der Waals surface area contributed by atoms with Crippen LogP contribution in [0.5, 0.6) is 0 Å². The highest BCUT2D eigenvalue weighted by atomic mass is 16.6. The highest BCUT2D eigenvalue weighted by Gasteiger charge is 2.43. The maximum Gasteiger partial charge on any atom is 0.293 e. The van der Waals surface area contributed by atoms with Crippen LogP contribution in [-0.4, -0.2) is 38.0 Å². The zero-order chi connectivity index (χ0) is 17.9. The lowest BCUT2D eigenvalue weighted by atomic mass is 9.63. The van der Waals surface area contributed by atoms with Crippen LogP contribution in [-0.2, 0) is 19.0 Å². The van der Waals surface area contributed by atoms with Gasteiger partial charge in [0.2, 0.25) is 0 Å². The molecule has 23 heavy (non-hydrogen) atoms. The van der Waals surface area contributed by atoms with Gasteiger partial charge in [0.05, 0.1) is 12.7 Å². The summed E-state index contributed by atoms with van der Waals surface area (Å²) in [5, 5.41) is 0. The molecule has 4 nitrogen and oxygen atoms in total. The molecule has 0 aromatic heterocycles. The zero-order valence-corrected chi connectivity index (χ0v) is 16.3. The van der Waals surface area contributed by atoms with Crippen LogP contribution in [0.25, 0.3) is 0 Å². The van der Waals surface area contributed by atoms with Crippen LogP contribution in [0.4, 0.5) is 0 Å². The van der Waals surface area contributed by atoms with Crippen molar-refractivity contribution in [3.8, 4) is 0 Å². The Hall–Kier alpha value is -0.610. The summed E-state index contributed by atoms with van der Waals surface area (Å²) in [5.74, 6) is 0. The first kappa shape index (κ1) is 20.4. The fourth-order valence-electron chi connectivity index (χ4n) is 3.21. The third-order valence-electron chi connectivity index (χ3n) is 5.15. The van der Waals surface area contributed by atoms with Crippen LogP contribution < -0.4 is 0 Å². The molecule has 4 heteroatoms. The number of fused-ring (bicyclic) bond motifs is 1. The molecule has 0 amide bonds. The van der Waals surface area contributed by atoms with Crippen molar-refractivity contribution in [3.63, 3.8) is 0 Å². The van der Waals surface area contributed by atoms with E-state index < -0.39 is 0 Å². The molecule has 0 aliphatic carbocycles. The van der Waals surface area contributed by atoms with Crippen molar-refractivity contribution in [1.29, 1.82) is 0 Å². The molecular weight excluding hydrogens is 292 g/mol. The summed E-state index contributed by atoms with van der Waals surface area (Å²) in [6, 6.07) is 0. The second-order valence-corrected chi connectivity index (χ2v) is 9.64. The quantitative estimate of drug-likeness (QED) is 0.728. The second kappa shape index (κ2) is 7.52. The Labute approximate surface area is 142 Å². The lowest BCUT2D eigenvalue weighted by Gasteiger charge is -2.43. The van der Waals surface area contributed by atoms with Gasteiger partial charge in [0, 0.05) is 6.61 Å². The Morgan fingerprint density at radius 2 is 1.65 bits per heavy atom. The van der Waals surface area contributed by atoms with Gasteiger partial charge in [0.15, 0.2) is 6.10 Å². The van der Waals surface area contributed by atoms with Crippen molar-refractivity contribution in [1.82, 2.24) is 0 Å². The molecule has 0 bridgehead atoms. The molecule has 0 saturated carbocycles. The van der Waals surface area contributed by atoms with Crippen LogP contribution in [0.2, 0.25) is 0 Å². The Balaban J connectivity index is 0.000000230. The lowest BCUT2D eigenvalue weighted by Crippen LogP contribution is -2.33. The molecule has 2 aliphatic rings. The highest BCUT2D eigenvalue weighted by molar-refractivity contribution is 5.37. The molecular formula is C19H36O4. The Morgan fingerprint density at radius 3 is 2.09 bits per heavy atom. The van der Waals surface area contributed by atoms with Crippen molar-refractivity contribution in [2.24, 2.45) is 16.2 Å². The van der Waals surface area contributed by atoms with Crippen molar-refractivity contribution >= 4 is 6.47 Å². The van der Waals surface area contributed by atoms with Crippen LogP contribution in [0.1, 0.15) is 68.2 Å². The van der Waals surface area contributed by atoms with Gasteiger partial charge >= 0.3 is 0 Å². The third-order valence-corrected chi connectivity index (χ3v) is 5.15. The molecule has 3 atom stereocenters. The predicted octanol–water partition coefficient (Wildman–Crippen LogP) is 4.21. The maximum absolute atomic E-state index is 10.0. The summed E-state index contributed by atoms with van der Waals surface area (Å²) in [6.07, 6.45) is 2.16. The van der Waals surface area contributed by atoms with Crippen LogP contribution in [0.15, 0.2) is 0 Å². The van der Waals surface area contributed by atoms with E-state index in [4.69, 9.17) is 14.2 Å². The van der Waals surface area contributed by atoms with Crippen molar-refractivity contribution in [2.75, 3.05) is 13.2 Å². The zero-order valence-electron chi connectivity index (χ0n) is 16.3. The van der Waals surface area contributed by atoms with E-state index in [2.05, 4.69) is 55.4 Å². The summed E-state index contributed by atoms with van der Waals surface area (Å²) in [6.45, 7) is 20.4. The maximum atomic E-state index is 10.0. The van der Waals surface area contributed by atoms with Crippen molar-refractivity contribution in [3.05, 3.63) is 0 Å². The van der Waals surface area contributed by atoms with Gasteiger partial charge in [-0.05, 0) is 29.1 Å². The Kier molecular flexibility index (Phi) is 6.68. The molecule has 0 N–H and O–H groups in total. The fraction of sp³-hybridized carbons (Fsp3) is 0.947. The minimum Gasteiger partial charge on any atom is -0.459 e. The monoisotopic (exact) mass is 328 g/mol. The molecule has 2 rings (SSSR count). The van der Waals surface area contributed by atoms with E-state index >= 15 is 0 Å². The summed E-state index contributed by atoms with van der Waals surface area (Å²) in [4.78, 5) is 10.0. The lowest BCUT2D eigenvalue weighted by molar-refractivity contribution is -0.138. The van der Waals surface area contributed by atoms with Crippen LogP contribution in [0.3, 0.4) is 0 Å². The molecule has 0 radical (unpaired) electrons. The third kappa shape index (κ3) is 6.07. The van der Waals surface area contributed by atoms with Crippen LogP contribution >= 0.6 is 0 Å². The molecule has 2 saturated heterocycles. The normalized spacial score (nSPS) is 27.9. The first-order valence-corrected chi connectivity index (χ1v) is 8.70. The molecule has 0 aromatic rings. The summed E-state index contributed by atoms with van der Waals surface area (Å²) in [5.41, 5.74) is 1.27. The SMILES string of the molecule is CC(C)(C)CC(C)(C)C(C)(C)C.O=COC1CO[C@@H]2CCO[C@H]12. The minimum absolute atomic E-state index is 0.0137. The van der Waals surface area contributed by atoms with E-state index in [9.17, 15) is 4.79 Å². The highest BCUT2D eigenvalue weighted by Crippen LogP contribution is 2.45. The number of ether oxygens (including phenoxy) is 3. The predicted molar refractivity (Wildman–Crippen MR) is 92.3 cm³/mol. The smallest absolute Gasteiger partial charge is 0.293 e. The van der Waals surface area contributed by atoms with E-state index in [0.29, 0.717) is 35.9 Å². The van der Waals surface area contributed by atoms with Gasteiger partial charge in [0.1, 0.15) is 6.10 Å². The Morgan fingerprint density at radius 1 is 1.04 bits per heavy atom. The van der Waals surface area contributed by atoms with E-state index in [1.54, 1.807) is 0 Å². The molecule has 136 valence electrons. The van der Waals surface area contributed by atoms with Gasteiger partial charge in [-0.1, -0.05) is 55.4 Å².